The highest BCUT2D eigenvalue weighted by Crippen LogP contribution is 2.41. The minimum absolute atomic E-state index is 0.411. The maximum Gasteiger partial charge on any atom is 0.468 e. The molecule has 106 valence electrons. The molecule has 2 heterocycles. The molecular weight excluding hydrogens is 264 g/mol. The summed E-state index contributed by atoms with van der Waals surface area (Å²) in [4.78, 5) is 2.06. The molecule has 0 amide bonds. The van der Waals surface area contributed by atoms with Crippen LogP contribution in [-0.2, 0) is 0 Å². The summed E-state index contributed by atoms with van der Waals surface area (Å²) in [6.07, 6.45) is 1.68. The Bertz CT molecular complexity index is 765. The molecule has 0 saturated heterocycles. The predicted molar refractivity (Wildman–Crippen MR) is 82.1 cm³/mol. The van der Waals surface area contributed by atoms with Gasteiger partial charge in [0.25, 0.3) is 5.69 Å². The van der Waals surface area contributed by atoms with Crippen LogP contribution in [0, 0.1) is 6.92 Å². The Morgan fingerprint density at radius 1 is 1.10 bits per heavy atom. The Balaban J connectivity index is 1.82. The van der Waals surface area contributed by atoms with Gasteiger partial charge in [0.05, 0.1) is 5.56 Å². The van der Waals surface area contributed by atoms with Gasteiger partial charge in [0.2, 0.25) is 5.75 Å². The zero-order chi connectivity index (χ0) is 14.6. The summed E-state index contributed by atoms with van der Waals surface area (Å²) >= 11 is 0. The van der Waals surface area contributed by atoms with Gasteiger partial charge in [-0.2, -0.15) is 0 Å². The van der Waals surface area contributed by atoms with Crippen LogP contribution in [0.4, 0.5) is 11.4 Å². The number of aryl methyl sites for hydroxylation is 1. The van der Waals surface area contributed by atoms with Crippen LogP contribution in [0.2, 0.25) is 0 Å². The zero-order valence-electron chi connectivity index (χ0n) is 12.3. The first-order valence-electron chi connectivity index (χ1n) is 7.01. The van der Waals surface area contributed by atoms with E-state index in [1.54, 1.807) is 0 Å². The molecule has 2 aromatic carbocycles. The van der Waals surface area contributed by atoms with Crippen molar-refractivity contribution >= 4 is 17.6 Å². The fourth-order valence-electron chi connectivity index (χ4n) is 2.77. The highest BCUT2D eigenvalue weighted by atomic mass is 16.7. The van der Waals surface area contributed by atoms with Crippen molar-refractivity contribution in [3.05, 3.63) is 47.5 Å². The van der Waals surface area contributed by atoms with Crippen LogP contribution in [0.1, 0.15) is 11.1 Å². The lowest BCUT2D eigenvalue weighted by Gasteiger charge is -2.17. The lowest BCUT2D eigenvalue weighted by molar-refractivity contribution is -0.555. The number of ether oxygens (including phenoxy) is 2. The molecule has 0 saturated carbocycles. The van der Waals surface area contributed by atoms with Gasteiger partial charge < -0.3 is 14.4 Å². The first kappa shape index (κ1) is 12.3. The summed E-state index contributed by atoms with van der Waals surface area (Å²) in [6.45, 7) is 2.05. The highest BCUT2D eigenvalue weighted by molar-refractivity contribution is 5.83. The maximum atomic E-state index is 6.03. The van der Waals surface area contributed by atoms with Crippen LogP contribution in [0.15, 0.2) is 36.4 Å². The molecule has 0 aliphatic carbocycles. The third-order valence-electron chi connectivity index (χ3n) is 3.93. The second-order valence-corrected chi connectivity index (χ2v) is 5.62. The lowest BCUT2D eigenvalue weighted by Crippen LogP contribution is -2.34. The van der Waals surface area contributed by atoms with Gasteiger partial charge in [-0.25, -0.2) is 0 Å². The van der Waals surface area contributed by atoms with Crippen molar-refractivity contribution in [1.29, 1.82) is 0 Å². The third-order valence-corrected chi connectivity index (χ3v) is 3.93. The van der Waals surface area contributed by atoms with Crippen molar-refractivity contribution in [3.8, 4) is 11.5 Å². The average Bonchev–Trinajstić information content (AvgIpc) is 2.82. The van der Waals surface area contributed by atoms with Crippen molar-refractivity contribution in [1.82, 2.24) is 0 Å². The summed E-state index contributed by atoms with van der Waals surface area (Å²) < 4.78 is 14.0. The number of hydrogen-bond acceptors (Lipinski definition) is 3. The number of benzene rings is 2. The molecule has 0 bridgehead atoms. The monoisotopic (exact) mass is 281 g/mol. The fraction of sp³-hybridized carbons (Fsp3) is 0.235. The predicted octanol–water partition coefficient (Wildman–Crippen LogP) is 2.89. The first-order valence-corrected chi connectivity index (χ1v) is 7.01. The van der Waals surface area contributed by atoms with Gasteiger partial charge in [0.15, 0.2) is 6.21 Å². The lowest BCUT2D eigenvalue weighted by atomic mass is 10.1. The molecule has 1 atom stereocenters. The standard InChI is InChI=1S/C17H17N2O2/c1-11-5-4-6-12-10-19-14-8-7-13(18(2)3)9-15(14)20-17(19)21-16(11)12/h4-10,17H,1-3H3/q+1. The van der Waals surface area contributed by atoms with Gasteiger partial charge in [0.1, 0.15) is 5.75 Å². The van der Waals surface area contributed by atoms with Gasteiger partial charge in [0, 0.05) is 31.9 Å². The van der Waals surface area contributed by atoms with Crippen molar-refractivity contribution in [2.75, 3.05) is 19.0 Å². The normalized spacial score (nSPS) is 17.9. The molecule has 21 heavy (non-hydrogen) atoms. The second-order valence-electron chi connectivity index (χ2n) is 5.62. The van der Waals surface area contributed by atoms with Gasteiger partial charge in [-0.05, 0) is 24.6 Å². The molecule has 0 aromatic heterocycles. The van der Waals surface area contributed by atoms with E-state index in [2.05, 4.69) is 42.3 Å². The van der Waals surface area contributed by atoms with E-state index in [1.165, 1.54) is 0 Å². The summed E-state index contributed by atoms with van der Waals surface area (Å²) in [5.74, 6) is 1.76. The smallest absolute Gasteiger partial charge is 0.400 e. The molecular formula is C17H17N2O2+. The topological polar surface area (TPSA) is 24.7 Å². The summed E-state index contributed by atoms with van der Waals surface area (Å²) in [5, 5.41) is 0. The van der Waals surface area contributed by atoms with E-state index in [-0.39, 0.29) is 0 Å². The molecule has 0 radical (unpaired) electrons. The SMILES string of the molecule is Cc1cccc2c1OC1Oc3cc(N(C)C)ccc3[N+]1=C2. The van der Waals surface area contributed by atoms with Crippen molar-refractivity contribution < 1.29 is 14.0 Å². The zero-order valence-corrected chi connectivity index (χ0v) is 12.3. The molecule has 0 fully saturated rings. The van der Waals surface area contributed by atoms with Crippen LogP contribution >= 0.6 is 0 Å². The molecule has 2 aromatic rings. The largest absolute Gasteiger partial charge is 0.468 e. The third kappa shape index (κ3) is 1.79. The Morgan fingerprint density at radius 3 is 2.76 bits per heavy atom. The number of rotatable bonds is 1. The second kappa shape index (κ2) is 4.25. The Kier molecular flexibility index (Phi) is 2.48. The highest BCUT2D eigenvalue weighted by Gasteiger charge is 2.41. The molecule has 4 heteroatoms. The van der Waals surface area contributed by atoms with Crippen molar-refractivity contribution in [2.24, 2.45) is 0 Å². The fourth-order valence-corrected chi connectivity index (χ4v) is 2.77. The molecule has 4 rings (SSSR count). The quantitative estimate of drug-likeness (QED) is 0.751. The minimum atomic E-state index is -0.411. The van der Waals surface area contributed by atoms with Crippen LogP contribution in [0.25, 0.3) is 0 Å². The molecule has 1 unspecified atom stereocenters. The molecule has 0 spiro atoms. The van der Waals surface area contributed by atoms with Gasteiger partial charge in [-0.3, -0.25) is 0 Å². The van der Waals surface area contributed by atoms with E-state index in [4.69, 9.17) is 9.47 Å². The van der Waals surface area contributed by atoms with Gasteiger partial charge in [-0.1, -0.05) is 12.1 Å². The van der Waals surface area contributed by atoms with Crippen LogP contribution < -0.4 is 14.4 Å². The van der Waals surface area contributed by atoms with Gasteiger partial charge in [-0.15, -0.1) is 4.58 Å². The molecule has 0 N–H and O–H groups in total. The van der Waals surface area contributed by atoms with E-state index in [1.807, 2.05) is 30.8 Å². The van der Waals surface area contributed by atoms with E-state index in [9.17, 15) is 0 Å². The Hall–Kier alpha value is -2.49. The van der Waals surface area contributed by atoms with Crippen molar-refractivity contribution in [2.45, 2.75) is 13.3 Å². The van der Waals surface area contributed by atoms with Crippen LogP contribution in [0.5, 0.6) is 11.5 Å². The molecule has 4 nitrogen and oxygen atoms in total. The Morgan fingerprint density at radius 2 is 1.95 bits per heavy atom. The van der Waals surface area contributed by atoms with E-state index < -0.39 is 6.41 Å². The summed E-state index contributed by atoms with van der Waals surface area (Å²) in [6, 6.07) is 12.4. The maximum absolute atomic E-state index is 6.03. The first-order chi connectivity index (χ1) is 10.1. The number of nitrogens with zero attached hydrogens (tertiary/aromatic N) is 2. The number of para-hydroxylation sites is 1. The Labute approximate surface area is 123 Å². The van der Waals surface area contributed by atoms with E-state index in [0.29, 0.717) is 0 Å². The number of anilines is 1. The van der Waals surface area contributed by atoms with Gasteiger partial charge >= 0.3 is 6.41 Å². The summed E-state index contributed by atoms with van der Waals surface area (Å²) in [5.41, 5.74) is 4.36. The van der Waals surface area contributed by atoms with Crippen LogP contribution in [0.3, 0.4) is 0 Å². The van der Waals surface area contributed by atoms with E-state index >= 15 is 0 Å². The average molecular weight is 281 g/mol. The number of hydrogen-bond donors (Lipinski definition) is 0. The van der Waals surface area contributed by atoms with E-state index in [0.717, 1.165) is 34.0 Å². The van der Waals surface area contributed by atoms with Crippen molar-refractivity contribution in [3.63, 3.8) is 0 Å². The molecule has 2 aliphatic rings. The molecule has 2 aliphatic heterocycles. The minimum Gasteiger partial charge on any atom is -0.400 e. The summed E-state index contributed by atoms with van der Waals surface area (Å²) in [7, 11) is 4.04. The number of fused-ring (bicyclic) bond motifs is 4. The van der Waals surface area contributed by atoms with Crippen LogP contribution in [-0.4, -0.2) is 31.3 Å².